The quantitative estimate of drug-likeness (QED) is 0.738. The minimum absolute atomic E-state index is 0.845. The van der Waals surface area contributed by atoms with Crippen molar-refractivity contribution < 1.29 is 0 Å². The minimum Gasteiger partial charge on any atom is -0.342 e. The molecule has 0 N–H and O–H groups in total. The number of pyridine rings is 1. The smallest absolute Gasteiger partial charge is 0.208 e. The Bertz CT molecular complexity index is 801. The number of imidazole rings is 1. The number of fused-ring (bicyclic) bond motifs is 1. The summed E-state index contributed by atoms with van der Waals surface area (Å²) in [7, 11) is 0. The van der Waals surface area contributed by atoms with E-state index in [9.17, 15) is 0 Å². The summed E-state index contributed by atoms with van der Waals surface area (Å²) < 4.78 is 2.34. The Hall–Kier alpha value is -2.36. The number of hydrogen-bond acceptors (Lipinski definition) is 3. The van der Waals surface area contributed by atoms with E-state index < -0.39 is 0 Å². The summed E-state index contributed by atoms with van der Waals surface area (Å²) in [6, 6.07) is 12.9. The third-order valence-electron chi connectivity index (χ3n) is 4.62. The van der Waals surface area contributed by atoms with Crippen LogP contribution in [0.5, 0.6) is 0 Å². The van der Waals surface area contributed by atoms with Gasteiger partial charge in [0.1, 0.15) is 0 Å². The number of rotatable bonds is 4. The Morgan fingerprint density at radius 1 is 1.04 bits per heavy atom. The normalized spacial score (nSPS) is 14.7. The third kappa shape index (κ3) is 2.69. The van der Waals surface area contributed by atoms with Crippen molar-refractivity contribution in [3.63, 3.8) is 0 Å². The van der Waals surface area contributed by atoms with Gasteiger partial charge in [-0.3, -0.25) is 0 Å². The van der Waals surface area contributed by atoms with Gasteiger partial charge in [0.15, 0.2) is 5.65 Å². The third-order valence-corrected chi connectivity index (χ3v) is 4.62. The van der Waals surface area contributed by atoms with Gasteiger partial charge in [-0.05, 0) is 36.5 Å². The summed E-state index contributed by atoms with van der Waals surface area (Å²) in [6.07, 6.45) is 5.46. The first kappa shape index (κ1) is 14.2. The van der Waals surface area contributed by atoms with Crippen LogP contribution in [-0.2, 0) is 13.0 Å². The SMILES string of the molecule is CCc1cnc2nc(N3CCCC3)n(Cc3ccccc3)c2c1. The van der Waals surface area contributed by atoms with Gasteiger partial charge in [-0.1, -0.05) is 37.3 Å². The highest BCUT2D eigenvalue weighted by Crippen LogP contribution is 2.26. The highest BCUT2D eigenvalue weighted by Gasteiger charge is 2.21. The molecule has 23 heavy (non-hydrogen) atoms. The zero-order valence-corrected chi connectivity index (χ0v) is 13.6. The zero-order valence-electron chi connectivity index (χ0n) is 13.6. The maximum Gasteiger partial charge on any atom is 0.208 e. The predicted octanol–water partition coefficient (Wildman–Crippen LogP) is 3.64. The minimum atomic E-state index is 0.845. The summed E-state index contributed by atoms with van der Waals surface area (Å²) in [5.74, 6) is 1.07. The van der Waals surface area contributed by atoms with E-state index >= 15 is 0 Å². The topological polar surface area (TPSA) is 34.0 Å². The summed E-state index contributed by atoms with van der Waals surface area (Å²) in [4.78, 5) is 11.8. The number of nitrogens with zero attached hydrogens (tertiary/aromatic N) is 4. The molecule has 1 aliphatic heterocycles. The largest absolute Gasteiger partial charge is 0.342 e. The lowest BCUT2D eigenvalue weighted by Crippen LogP contribution is -2.22. The Kier molecular flexibility index (Phi) is 3.74. The molecule has 1 aromatic carbocycles. The van der Waals surface area contributed by atoms with Crippen molar-refractivity contribution in [2.75, 3.05) is 18.0 Å². The maximum atomic E-state index is 4.84. The molecule has 3 heterocycles. The second kappa shape index (κ2) is 6.03. The van der Waals surface area contributed by atoms with E-state index in [2.05, 4.69) is 57.8 Å². The molecule has 0 aliphatic carbocycles. The average Bonchev–Trinajstić information content (AvgIpc) is 3.23. The summed E-state index contributed by atoms with van der Waals surface area (Å²) in [5.41, 5.74) is 4.57. The van der Waals surface area contributed by atoms with Gasteiger partial charge in [0, 0.05) is 19.3 Å². The van der Waals surface area contributed by atoms with E-state index in [0.717, 1.165) is 43.2 Å². The molecule has 0 bridgehead atoms. The second-order valence-corrected chi connectivity index (χ2v) is 6.22. The van der Waals surface area contributed by atoms with Crippen molar-refractivity contribution in [2.45, 2.75) is 32.7 Å². The standard InChI is InChI=1S/C19H22N4/c1-2-15-12-17-18(20-13-15)21-19(22-10-6-7-11-22)23(17)14-16-8-4-3-5-9-16/h3-5,8-9,12-13H,2,6-7,10-11,14H2,1H3. The van der Waals surface area contributed by atoms with Crippen LogP contribution in [0.4, 0.5) is 5.95 Å². The van der Waals surface area contributed by atoms with Crippen molar-refractivity contribution in [3.05, 3.63) is 53.7 Å². The van der Waals surface area contributed by atoms with Crippen LogP contribution in [0.1, 0.15) is 30.9 Å². The summed E-state index contributed by atoms with van der Waals surface area (Å²) in [5, 5.41) is 0. The van der Waals surface area contributed by atoms with Gasteiger partial charge >= 0.3 is 0 Å². The van der Waals surface area contributed by atoms with Gasteiger partial charge in [0.2, 0.25) is 5.95 Å². The van der Waals surface area contributed by atoms with Gasteiger partial charge in [0.25, 0.3) is 0 Å². The average molecular weight is 306 g/mol. The number of benzene rings is 1. The highest BCUT2D eigenvalue weighted by molar-refractivity contribution is 5.76. The highest BCUT2D eigenvalue weighted by atomic mass is 15.3. The van der Waals surface area contributed by atoms with Gasteiger partial charge < -0.3 is 9.47 Å². The Morgan fingerprint density at radius 3 is 2.57 bits per heavy atom. The molecular weight excluding hydrogens is 284 g/mol. The van der Waals surface area contributed by atoms with Crippen molar-refractivity contribution in [1.29, 1.82) is 0 Å². The van der Waals surface area contributed by atoms with E-state index in [4.69, 9.17) is 4.98 Å². The van der Waals surface area contributed by atoms with Gasteiger partial charge in [-0.2, -0.15) is 4.98 Å². The Balaban J connectivity index is 1.84. The van der Waals surface area contributed by atoms with Crippen molar-refractivity contribution >= 4 is 17.1 Å². The predicted molar refractivity (Wildman–Crippen MR) is 93.9 cm³/mol. The van der Waals surface area contributed by atoms with Crippen LogP contribution >= 0.6 is 0 Å². The van der Waals surface area contributed by atoms with Crippen LogP contribution in [0.2, 0.25) is 0 Å². The summed E-state index contributed by atoms with van der Waals surface area (Å²) in [6.45, 7) is 5.21. The first-order valence-electron chi connectivity index (χ1n) is 8.49. The lowest BCUT2D eigenvalue weighted by Gasteiger charge is -2.18. The van der Waals surface area contributed by atoms with Crippen LogP contribution in [0.3, 0.4) is 0 Å². The first-order valence-corrected chi connectivity index (χ1v) is 8.49. The molecule has 1 fully saturated rings. The number of aryl methyl sites for hydroxylation is 1. The number of anilines is 1. The first-order chi connectivity index (χ1) is 11.3. The van der Waals surface area contributed by atoms with E-state index in [0.29, 0.717) is 0 Å². The zero-order chi connectivity index (χ0) is 15.6. The molecule has 0 amide bonds. The van der Waals surface area contributed by atoms with E-state index in [-0.39, 0.29) is 0 Å². The van der Waals surface area contributed by atoms with Crippen LogP contribution in [0.15, 0.2) is 42.6 Å². The molecule has 2 aromatic heterocycles. The second-order valence-electron chi connectivity index (χ2n) is 6.22. The van der Waals surface area contributed by atoms with E-state index in [1.165, 1.54) is 24.0 Å². The lowest BCUT2D eigenvalue weighted by molar-refractivity contribution is 0.775. The monoisotopic (exact) mass is 306 g/mol. The Morgan fingerprint density at radius 2 is 1.83 bits per heavy atom. The maximum absolute atomic E-state index is 4.84. The van der Waals surface area contributed by atoms with Crippen molar-refractivity contribution in [3.8, 4) is 0 Å². The molecule has 0 radical (unpaired) electrons. The van der Waals surface area contributed by atoms with E-state index in [1.807, 2.05) is 6.20 Å². The molecule has 1 saturated heterocycles. The molecule has 4 nitrogen and oxygen atoms in total. The molecule has 3 aromatic rings. The fourth-order valence-corrected chi connectivity index (χ4v) is 3.31. The van der Waals surface area contributed by atoms with Crippen LogP contribution in [0, 0.1) is 0 Å². The molecule has 0 atom stereocenters. The molecule has 4 heteroatoms. The van der Waals surface area contributed by atoms with Gasteiger partial charge in [-0.25, -0.2) is 4.98 Å². The molecule has 0 spiro atoms. The van der Waals surface area contributed by atoms with Crippen molar-refractivity contribution in [2.24, 2.45) is 0 Å². The molecule has 0 unspecified atom stereocenters. The molecule has 0 saturated carbocycles. The van der Waals surface area contributed by atoms with Crippen LogP contribution in [-0.4, -0.2) is 27.6 Å². The van der Waals surface area contributed by atoms with Crippen LogP contribution < -0.4 is 4.90 Å². The molecule has 1 aliphatic rings. The van der Waals surface area contributed by atoms with Gasteiger partial charge in [-0.15, -0.1) is 0 Å². The number of aromatic nitrogens is 3. The number of hydrogen-bond donors (Lipinski definition) is 0. The Labute approximate surface area is 136 Å². The van der Waals surface area contributed by atoms with E-state index in [1.54, 1.807) is 0 Å². The van der Waals surface area contributed by atoms with Gasteiger partial charge in [0.05, 0.1) is 12.1 Å². The molecule has 4 rings (SSSR count). The fraction of sp³-hybridized carbons (Fsp3) is 0.368. The van der Waals surface area contributed by atoms with Crippen molar-refractivity contribution in [1.82, 2.24) is 14.5 Å². The molecular formula is C19H22N4. The summed E-state index contributed by atoms with van der Waals surface area (Å²) >= 11 is 0. The van der Waals surface area contributed by atoms with Crippen LogP contribution in [0.25, 0.3) is 11.2 Å². The fourth-order valence-electron chi connectivity index (χ4n) is 3.31. The molecule has 118 valence electrons. The lowest BCUT2D eigenvalue weighted by atomic mass is 10.2.